The summed E-state index contributed by atoms with van der Waals surface area (Å²) in [5.41, 5.74) is 0. The highest BCUT2D eigenvalue weighted by Gasteiger charge is 2.47. The smallest absolute Gasteiger partial charge is 0.302 e. The zero-order chi connectivity index (χ0) is 72.7. The first-order valence-corrected chi connectivity index (χ1v) is 33.8. The summed E-state index contributed by atoms with van der Waals surface area (Å²) in [7, 11) is 8.43. The molecule has 0 aromatic carbocycles. The van der Waals surface area contributed by atoms with E-state index in [4.69, 9.17) is 9.47 Å². The van der Waals surface area contributed by atoms with E-state index in [2.05, 4.69) is 21.3 Å². The van der Waals surface area contributed by atoms with Crippen LogP contribution >= 0.6 is 0 Å². The molecule has 1 unspecified atom stereocenters. The van der Waals surface area contributed by atoms with Crippen LogP contribution in [0.15, 0.2) is 12.2 Å². The summed E-state index contributed by atoms with van der Waals surface area (Å²) in [4.78, 5) is 184. The first-order chi connectivity index (χ1) is 43.6. The number of carbonyl (C=O) groups excluding carboxylic acids is 12. The van der Waals surface area contributed by atoms with Crippen LogP contribution in [0.2, 0.25) is 0 Å². The van der Waals surface area contributed by atoms with Crippen molar-refractivity contribution in [3.8, 4) is 0 Å². The largest absolute Gasteiger partial charge is 0.466 e. The molecule has 26 heteroatoms. The number of amides is 11. The van der Waals surface area contributed by atoms with E-state index >= 15 is 33.6 Å². The lowest BCUT2D eigenvalue weighted by Crippen LogP contribution is -2.64. The summed E-state index contributed by atoms with van der Waals surface area (Å²) in [6.45, 7) is 32.1. The minimum Gasteiger partial charge on any atom is -0.466 e. The van der Waals surface area contributed by atoms with Crippen molar-refractivity contribution in [2.45, 2.75) is 255 Å². The standard InChI is InChI=1S/C68H121N11O15/c1-26-32-43(15)57(81)56-61(85)71-48(27-2)63(87)79(29-4)49(28-3)64(88)77(24)55(46(18)93-33-30-31-34-94-47(19)80)60(84)72-53(41(11)12)67(91)73(20)50(35-38(5)6)59(83)69-44(16)58(82)70-45(17)62(86)74(21)51(36-39(7)8)65(89)75(22)52(37-40(9)10)66(90)76(23)54(42(13)14)68(92)78(56)25/h26,32,38-46,48-57,81H,27-31,33-37H2,1-25H3,(H,69,83)(H,70,82)(H,71,85)(H,72,84)/b32-26+/t43-,44+,45-,46-,48+,49-,50+,51+,52+,53+,54+,55?,56+,57-/m1/s1. The lowest BCUT2D eigenvalue weighted by Gasteiger charge is -2.41. The third-order valence-electron chi connectivity index (χ3n) is 17.6. The van der Waals surface area contributed by atoms with Gasteiger partial charge in [0.2, 0.25) is 65.0 Å². The van der Waals surface area contributed by atoms with Crippen LogP contribution < -0.4 is 21.3 Å². The Morgan fingerprint density at radius 3 is 1.40 bits per heavy atom. The van der Waals surface area contributed by atoms with Crippen molar-refractivity contribution >= 4 is 70.9 Å². The van der Waals surface area contributed by atoms with Gasteiger partial charge in [-0.05, 0) is 109 Å². The third-order valence-corrected chi connectivity index (χ3v) is 17.6. The molecule has 1 aliphatic heterocycles. The van der Waals surface area contributed by atoms with Crippen molar-refractivity contribution in [2.75, 3.05) is 62.0 Å². The molecule has 1 saturated heterocycles. The number of carbonyl (C=O) groups is 12. The summed E-state index contributed by atoms with van der Waals surface area (Å²) < 4.78 is 11.3. The maximum atomic E-state index is 15.3. The van der Waals surface area contributed by atoms with Gasteiger partial charge in [0, 0.05) is 68.3 Å². The number of aliphatic hydroxyl groups is 1. The zero-order valence-electron chi connectivity index (χ0n) is 61.5. The van der Waals surface area contributed by atoms with Crippen LogP contribution in [0.4, 0.5) is 0 Å². The minimum absolute atomic E-state index is 0.0152. The van der Waals surface area contributed by atoms with E-state index in [9.17, 15) is 29.1 Å². The van der Waals surface area contributed by atoms with Gasteiger partial charge in [0.05, 0.1) is 18.8 Å². The number of hydrogen-bond acceptors (Lipinski definition) is 15. The molecule has 1 fully saturated rings. The highest BCUT2D eigenvalue weighted by Crippen LogP contribution is 2.26. The average Bonchev–Trinajstić information content (AvgIpc) is 0.809. The lowest BCUT2D eigenvalue weighted by molar-refractivity contribution is -0.157. The van der Waals surface area contributed by atoms with E-state index in [1.807, 2.05) is 41.5 Å². The SMILES string of the molecule is C/C=C/[C@@H](C)[C@@H](O)[C@H]1C(=O)N[C@@H](CC)C(=O)N(CC)[C@H](CC)C(=O)N(C)C([C@@H](C)OCCCCOC(C)=O)C(=O)N[C@@H](C(C)C)C(=O)N(C)[C@@H](CC(C)C)C(=O)N[C@@H](C)C(=O)N[C@H](C)C(=O)N(C)[C@@H](CC(C)C)C(=O)N(C)[C@@H](CC(C)C)C(=O)N(C)[C@@H](C(C)C)C(=O)N1C. The van der Waals surface area contributed by atoms with Gasteiger partial charge < -0.3 is 70.1 Å². The van der Waals surface area contributed by atoms with Gasteiger partial charge in [-0.15, -0.1) is 0 Å². The molecule has 0 aromatic rings. The van der Waals surface area contributed by atoms with Crippen molar-refractivity contribution in [1.82, 2.24) is 55.6 Å². The number of allylic oxidation sites excluding steroid dienone is 1. The molecule has 14 atom stereocenters. The molecule has 1 heterocycles. The predicted octanol–water partition coefficient (Wildman–Crippen LogP) is 3.75. The van der Waals surface area contributed by atoms with Gasteiger partial charge in [0.25, 0.3) is 0 Å². The lowest BCUT2D eigenvalue weighted by atomic mass is 9.93. The van der Waals surface area contributed by atoms with Crippen molar-refractivity contribution in [1.29, 1.82) is 0 Å². The van der Waals surface area contributed by atoms with Crippen LogP contribution in [0.1, 0.15) is 176 Å². The molecule has 1 rings (SSSR count). The molecule has 0 bridgehead atoms. The maximum Gasteiger partial charge on any atom is 0.302 e. The number of unbranched alkanes of at least 4 members (excludes halogenated alkanes) is 1. The predicted molar refractivity (Wildman–Crippen MR) is 359 cm³/mol. The molecule has 0 aliphatic carbocycles. The number of aliphatic hydroxyl groups excluding tert-OH is 1. The summed E-state index contributed by atoms with van der Waals surface area (Å²) in [5, 5.41) is 23.2. The van der Waals surface area contributed by atoms with Crippen LogP contribution in [-0.2, 0) is 67.0 Å². The molecular weight excluding hydrogens is 1210 g/mol. The van der Waals surface area contributed by atoms with Gasteiger partial charge in [-0.3, -0.25) is 57.5 Å². The summed E-state index contributed by atoms with van der Waals surface area (Å²) in [6.07, 6.45) is 1.85. The Labute approximate surface area is 561 Å². The van der Waals surface area contributed by atoms with Crippen LogP contribution in [0.25, 0.3) is 0 Å². The Hall–Kier alpha value is -6.70. The fourth-order valence-electron chi connectivity index (χ4n) is 12.0. The second-order valence-corrected chi connectivity index (χ2v) is 27.4. The van der Waals surface area contributed by atoms with Gasteiger partial charge in [-0.1, -0.05) is 102 Å². The van der Waals surface area contributed by atoms with Crippen molar-refractivity contribution in [2.24, 2.45) is 35.5 Å². The fourth-order valence-corrected chi connectivity index (χ4v) is 12.0. The van der Waals surface area contributed by atoms with Crippen LogP contribution in [0.3, 0.4) is 0 Å². The van der Waals surface area contributed by atoms with Crippen molar-refractivity contribution in [3.63, 3.8) is 0 Å². The highest BCUT2D eigenvalue weighted by molar-refractivity contribution is 6.00. The van der Waals surface area contributed by atoms with Crippen molar-refractivity contribution in [3.05, 3.63) is 12.2 Å². The average molecular weight is 1330 g/mol. The minimum atomic E-state index is -1.67. The first-order valence-electron chi connectivity index (χ1n) is 33.8. The van der Waals surface area contributed by atoms with Crippen molar-refractivity contribution < 1.29 is 72.1 Å². The van der Waals surface area contributed by atoms with Gasteiger partial charge in [-0.2, -0.15) is 0 Å². The monoisotopic (exact) mass is 1330 g/mol. The molecule has 26 nitrogen and oxygen atoms in total. The molecule has 94 heavy (non-hydrogen) atoms. The maximum absolute atomic E-state index is 15.3. The van der Waals surface area contributed by atoms with Crippen LogP contribution in [0, 0.1) is 35.5 Å². The van der Waals surface area contributed by atoms with Crippen LogP contribution in [-0.4, -0.2) is 251 Å². The molecule has 0 saturated carbocycles. The molecule has 0 radical (unpaired) electrons. The van der Waals surface area contributed by atoms with Gasteiger partial charge in [-0.25, -0.2) is 0 Å². The Morgan fingerprint density at radius 2 is 0.936 bits per heavy atom. The topological polar surface area (TPSA) is 314 Å². The second-order valence-electron chi connectivity index (χ2n) is 27.4. The molecule has 5 N–H and O–H groups in total. The Kier molecular flexibility index (Phi) is 36.3. The third kappa shape index (κ3) is 23.9. The van der Waals surface area contributed by atoms with E-state index in [0.29, 0.717) is 12.8 Å². The number of nitrogens with zero attached hydrogens (tertiary/aromatic N) is 7. The van der Waals surface area contributed by atoms with Gasteiger partial charge in [0.1, 0.15) is 66.5 Å². The van der Waals surface area contributed by atoms with E-state index in [0.717, 1.165) is 9.80 Å². The first kappa shape index (κ1) is 85.3. The van der Waals surface area contributed by atoms with Crippen LogP contribution in [0.5, 0.6) is 0 Å². The van der Waals surface area contributed by atoms with E-state index in [1.165, 1.54) is 87.6 Å². The number of esters is 1. The number of likely N-dealkylation sites (N-methyl/N-ethyl adjacent to an activating group) is 7. The molecule has 0 spiro atoms. The van der Waals surface area contributed by atoms with Gasteiger partial charge >= 0.3 is 5.97 Å². The molecule has 11 amide bonds. The Balaban J connectivity index is 4.51. The Bertz CT molecular complexity index is 2580. The van der Waals surface area contributed by atoms with E-state index in [-0.39, 0.29) is 69.6 Å². The molecular formula is C68H121N11O15. The number of hydrogen-bond donors (Lipinski definition) is 5. The van der Waals surface area contributed by atoms with Gasteiger partial charge in [0.15, 0.2) is 0 Å². The normalized spacial score (nSPS) is 26.5. The second kappa shape index (κ2) is 40.0. The summed E-state index contributed by atoms with van der Waals surface area (Å²) in [6, 6.07) is -14.4. The number of rotatable bonds is 21. The zero-order valence-corrected chi connectivity index (χ0v) is 61.5. The van der Waals surface area contributed by atoms with E-state index < -0.39 is 167 Å². The quantitative estimate of drug-likeness (QED) is 0.0621. The molecule has 0 aromatic heterocycles. The highest BCUT2D eigenvalue weighted by atomic mass is 16.5. The number of nitrogens with one attached hydrogen (secondary N) is 4. The fraction of sp³-hybridized carbons (Fsp3) is 0.794. The molecule has 538 valence electrons. The summed E-state index contributed by atoms with van der Waals surface area (Å²) >= 11 is 0. The number of ether oxygens (including phenoxy) is 2. The summed E-state index contributed by atoms with van der Waals surface area (Å²) in [5.74, 6) is -10.9. The molecule has 1 aliphatic rings. The van der Waals surface area contributed by atoms with E-state index in [1.54, 1.807) is 81.4 Å². The Morgan fingerprint density at radius 1 is 0.489 bits per heavy atom.